The first-order valence-corrected chi connectivity index (χ1v) is 14.5. The van der Waals surface area contributed by atoms with E-state index in [-0.39, 0.29) is 28.2 Å². The Morgan fingerprint density at radius 3 is 2.40 bits per heavy atom. The normalized spacial score (nSPS) is 20.0. The number of likely N-dealkylation sites (tertiary alicyclic amines) is 2. The number of methoxy groups -OCH3 is 1. The van der Waals surface area contributed by atoms with Crippen molar-refractivity contribution in [3.63, 3.8) is 0 Å². The van der Waals surface area contributed by atoms with Gasteiger partial charge in [-0.2, -0.15) is 0 Å². The van der Waals surface area contributed by atoms with Crippen LogP contribution in [-0.4, -0.2) is 67.4 Å². The van der Waals surface area contributed by atoms with E-state index in [4.69, 9.17) is 21.1 Å². The summed E-state index contributed by atoms with van der Waals surface area (Å²) in [5.41, 5.74) is 1.38. The first-order chi connectivity index (χ1) is 20.0. The zero-order valence-corrected chi connectivity index (χ0v) is 24.0. The zero-order chi connectivity index (χ0) is 30.0. The first kappa shape index (κ1) is 30.4. The summed E-state index contributed by atoms with van der Waals surface area (Å²) in [5, 5.41) is 0.171. The van der Waals surface area contributed by atoms with Gasteiger partial charge in [0.15, 0.2) is 0 Å². The summed E-state index contributed by atoms with van der Waals surface area (Å²) in [7, 11) is 1.27. The van der Waals surface area contributed by atoms with Crippen LogP contribution >= 0.6 is 11.6 Å². The predicted molar refractivity (Wildman–Crippen MR) is 146 cm³/mol. The number of hydrogen-bond donors (Lipinski definition) is 0. The molecule has 42 heavy (non-hydrogen) atoms. The minimum atomic E-state index is -4.79. The Labute approximate surface area is 246 Å². The van der Waals surface area contributed by atoms with Crippen LogP contribution in [0.4, 0.5) is 17.6 Å². The number of benzene rings is 2. The zero-order valence-electron chi connectivity index (χ0n) is 23.2. The van der Waals surface area contributed by atoms with Crippen molar-refractivity contribution >= 4 is 23.5 Å². The molecular formula is C30H33ClF4N2O5. The van der Waals surface area contributed by atoms with Crippen molar-refractivity contribution in [2.45, 2.75) is 63.4 Å². The van der Waals surface area contributed by atoms with E-state index in [2.05, 4.69) is 9.64 Å². The van der Waals surface area contributed by atoms with E-state index in [0.717, 1.165) is 37.3 Å². The van der Waals surface area contributed by atoms with E-state index in [1.807, 2.05) is 0 Å². The quantitative estimate of drug-likeness (QED) is 0.244. The van der Waals surface area contributed by atoms with Crippen LogP contribution < -0.4 is 9.47 Å². The van der Waals surface area contributed by atoms with Crippen LogP contribution in [0.3, 0.4) is 0 Å². The van der Waals surface area contributed by atoms with E-state index in [1.165, 1.54) is 24.1 Å². The number of carbonyl (C=O) groups excluding carboxylic acids is 2. The average molecular weight is 613 g/mol. The lowest BCUT2D eigenvalue weighted by Gasteiger charge is -2.32. The van der Waals surface area contributed by atoms with Gasteiger partial charge in [0.1, 0.15) is 23.4 Å². The second-order valence-corrected chi connectivity index (χ2v) is 11.6. The van der Waals surface area contributed by atoms with Gasteiger partial charge in [0.2, 0.25) is 0 Å². The van der Waals surface area contributed by atoms with Gasteiger partial charge >= 0.3 is 12.3 Å². The Balaban J connectivity index is 1.18. The van der Waals surface area contributed by atoms with Crippen LogP contribution in [-0.2, 0) is 16.1 Å². The van der Waals surface area contributed by atoms with Crippen molar-refractivity contribution in [3.05, 3.63) is 57.9 Å². The molecule has 3 fully saturated rings. The van der Waals surface area contributed by atoms with Crippen LogP contribution in [0.25, 0.3) is 0 Å². The molecule has 2 aliphatic heterocycles. The summed E-state index contributed by atoms with van der Waals surface area (Å²) < 4.78 is 68.1. The number of alkyl halides is 3. The van der Waals surface area contributed by atoms with Gasteiger partial charge in [0.05, 0.1) is 19.3 Å². The number of rotatable bonds is 9. The molecule has 0 radical (unpaired) electrons. The number of ether oxygens (including phenoxy) is 3. The van der Waals surface area contributed by atoms with Crippen LogP contribution in [0, 0.1) is 11.7 Å². The SMILES string of the molecule is COC(=O)C1CCCN1C(=O)c1cc(C2CC2)c(OCC2CCN(Cc3cc(Cl)cc(OC(F)(F)F)c3)CC2)cc1F. The Morgan fingerprint density at radius 1 is 1.00 bits per heavy atom. The third kappa shape index (κ3) is 7.47. The van der Waals surface area contributed by atoms with Gasteiger partial charge < -0.3 is 19.1 Å². The third-order valence-corrected chi connectivity index (χ3v) is 8.30. The summed E-state index contributed by atoms with van der Waals surface area (Å²) in [6.07, 6.45) is -0.191. The van der Waals surface area contributed by atoms with Gasteiger partial charge in [-0.15, -0.1) is 13.2 Å². The molecule has 0 spiro atoms. The maximum Gasteiger partial charge on any atom is 0.573 e. The van der Waals surface area contributed by atoms with Crippen LogP contribution in [0.15, 0.2) is 30.3 Å². The van der Waals surface area contributed by atoms with E-state index >= 15 is 4.39 Å². The fraction of sp³-hybridized carbons (Fsp3) is 0.533. The molecule has 1 atom stereocenters. The lowest BCUT2D eigenvalue weighted by Crippen LogP contribution is -2.41. The fourth-order valence-corrected chi connectivity index (χ4v) is 6.05. The standard InChI is InChI=1S/C30H33ClF4N2O5/c1-40-29(39)26-3-2-8-37(26)28(38)24-14-23(20-4-5-20)27(15-25(24)32)41-17-18-6-9-36(10-7-18)16-19-11-21(31)13-22(12-19)42-30(33,34)35/h11-15,18,20,26H,2-10,16-17H2,1H3. The second-order valence-electron chi connectivity index (χ2n) is 11.2. The lowest BCUT2D eigenvalue weighted by molar-refractivity contribution is -0.274. The predicted octanol–water partition coefficient (Wildman–Crippen LogP) is 6.32. The number of hydrogen-bond acceptors (Lipinski definition) is 6. The van der Waals surface area contributed by atoms with Gasteiger partial charge in [0, 0.05) is 24.2 Å². The van der Waals surface area contributed by atoms with Gasteiger partial charge in [-0.05, 0) is 98.8 Å². The molecule has 1 amide bonds. The maximum absolute atomic E-state index is 15.3. The van der Waals surface area contributed by atoms with Crippen molar-refractivity contribution in [1.29, 1.82) is 0 Å². The number of halogens is 5. The highest BCUT2D eigenvalue weighted by Crippen LogP contribution is 2.45. The Bertz CT molecular complexity index is 1310. The Hall–Kier alpha value is -3.05. The summed E-state index contributed by atoms with van der Waals surface area (Å²) in [4.78, 5) is 28.9. The molecule has 12 heteroatoms. The van der Waals surface area contributed by atoms with Crippen molar-refractivity contribution in [2.24, 2.45) is 5.92 Å². The summed E-state index contributed by atoms with van der Waals surface area (Å²) in [6, 6.07) is 6.27. The molecule has 2 aromatic carbocycles. The molecule has 0 bridgehead atoms. The summed E-state index contributed by atoms with van der Waals surface area (Å²) in [6.45, 7) is 2.61. The molecule has 7 nitrogen and oxygen atoms in total. The van der Waals surface area contributed by atoms with E-state index in [9.17, 15) is 22.8 Å². The minimum Gasteiger partial charge on any atom is -0.493 e. The van der Waals surface area contributed by atoms with Crippen LogP contribution in [0.1, 0.15) is 65.9 Å². The molecule has 1 unspecified atom stereocenters. The molecular weight excluding hydrogens is 580 g/mol. The Morgan fingerprint density at radius 2 is 1.74 bits per heavy atom. The van der Waals surface area contributed by atoms with Gasteiger partial charge in [0.25, 0.3) is 5.91 Å². The minimum absolute atomic E-state index is 0.0573. The molecule has 5 rings (SSSR count). The summed E-state index contributed by atoms with van der Waals surface area (Å²) in [5.74, 6) is -1.18. The van der Waals surface area contributed by atoms with Gasteiger partial charge in [-0.25, -0.2) is 9.18 Å². The highest BCUT2D eigenvalue weighted by atomic mass is 35.5. The Kier molecular flexibility index (Phi) is 9.17. The maximum atomic E-state index is 15.3. The number of esters is 1. The van der Waals surface area contributed by atoms with Gasteiger partial charge in [-0.1, -0.05) is 11.6 Å². The molecule has 2 heterocycles. The van der Waals surface area contributed by atoms with Crippen molar-refractivity contribution < 1.29 is 41.4 Å². The second kappa shape index (κ2) is 12.7. The van der Waals surface area contributed by atoms with Crippen LogP contribution in [0.2, 0.25) is 5.02 Å². The average Bonchev–Trinajstić information content (AvgIpc) is 3.65. The van der Waals surface area contributed by atoms with Crippen LogP contribution in [0.5, 0.6) is 11.5 Å². The van der Waals surface area contributed by atoms with E-state index in [1.54, 1.807) is 12.1 Å². The fourth-order valence-electron chi connectivity index (χ4n) is 5.80. The number of piperidine rings is 1. The smallest absolute Gasteiger partial charge is 0.493 e. The van der Waals surface area contributed by atoms with Crippen molar-refractivity contribution in [1.82, 2.24) is 9.80 Å². The van der Waals surface area contributed by atoms with E-state index in [0.29, 0.717) is 56.9 Å². The molecule has 3 aliphatic rings. The van der Waals surface area contributed by atoms with Gasteiger partial charge in [-0.3, -0.25) is 9.69 Å². The molecule has 0 aromatic heterocycles. The molecule has 1 aliphatic carbocycles. The molecule has 1 saturated carbocycles. The highest BCUT2D eigenvalue weighted by Gasteiger charge is 2.38. The number of amides is 1. The number of nitrogens with zero attached hydrogens (tertiary/aromatic N) is 2. The van der Waals surface area contributed by atoms with Crippen molar-refractivity contribution in [3.8, 4) is 11.5 Å². The highest BCUT2D eigenvalue weighted by molar-refractivity contribution is 6.30. The molecule has 2 aromatic rings. The molecule has 0 N–H and O–H groups in total. The molecule has 2 saturated heterocycles. The summed E-state index contributed by atoms with van der Waals surface area (Å²) >= 11 is 6.01. The topological polar surface area (TPSA) is 68.3 Å². The van der Waals surface area contributed by atoms with E-state index < -0.39 is 30.1 Å². The largest absolute Gasteiger partial charge is 0.573 e. The monoisotopic (exact) mass is 612 g/mol. The molecule has 228 valence electrons. The van der Waals surface area contributed by atoms with Crippen molar-refractivity contribution in [2.75, 3.05) is 33.4 Å². The number of carbonyl (C=O) groups is 2. The third-order valence-electron chi connectivity index (χ3n) is 8.09. The first-order valence-electron chi connectivity index (χ1n) is 14.1. The lowest BCUT2D eigenvalue weighted by atomic mass is 9.97.